The lowest BCUT2D eigenvalue weighted by Gasteiger charge is -2.34. The summed E-state index contributed by atoms with van der Waals surface area (Å²) in [4.78, 5) is 34.6. The summed E-state index contributed by atoms with van der Waals surface area (Å²) in [6, 6.07) is 0. The van der Waals surface area contributed by atoms with Crippen LogP contribution in [0.2, 0.25) is 0 Å². The number of carbonyl (C=O) groups is 2. The number of methoxy groups -OCH3 is 2. The molecule has 9 heteroatoms. The highest BCUT2D eigenvalue weighted by molar-refractivity contribution is 7.15. The predicted octanol–water partition coefficient (Wildman–Crippen LogP) is 1.53. The molecule has 1 aliphatic heterocycles. The smallest absolute Gasteiger partial charge is 0.240 e. The van der Waals surface area contributed by atoms with Crippen molar-refractivity contribution >= 4 is 28.3 Å². The van der Waals surface area contributed by atoms with E-state index in [1.807, 2.05) is 18.7 Å². The molecule has 1 aromatic rings. The van der Waals surface area contributed by atoms with E-state index in [1.54, 1.807) is 14.2 Å². The Bertz CT molecular complexity index is 624. The minimum Gasteiger partial charge on any atom is -0.383 e. The minimum atomic E-state index is -0.0976. The van der Waals surface area contributed by atoms with Gasteiger partial charge in [-0.15, -0.1) is 11.3 Å². The molecule has 2 heterocycles. The summed E-state index contributed by atoms with van der Waals surface area (Å²) in [5.74, 6) is -0.0672. The van der Waals surface area contributed by atoms with Crippen LogP contribution in [-0.2, 0) is 19.1 Å². The van der Waals surface area contributed by atoms with Gasteiger partial charge in [0, 0.05) is 38.7 Å². The lowest BCUT2D eigenvalue weighted by atomic mass is 9.96. The second-order valence-corrected chi connectivity index (χ2v) is 8.30. The molecule has 28 heavy (non-hydrogen) atoms. The zero-order chi connectivity index (χ0) is 20.5. The van der Waals surface area contributed by atoms with Crippen LogP contribution in [0.1, 0.15) is 23.4 Å². The number of hydrogen-bond acceptors (Lipinski definition) is 7. The van der Waals surface area contributed by atoms with Gasteiger partial charge in [-0.25, -0.2) is 4.98 Å². The van der Waals surface area contributed by atoms with E-state index >= 15 is 0 Å². The number of nitrogens with zero attached hydrogens (tertiary/aromatic N) is 3. The number of rotatable bonds is 10. The summed E-state index contributed by atoms with van der Waals surface area (Å²) < 4.78 is 10.3. The Kier molecular flexibility index (Phi) is 9.30. The Labute approximate surface area is 171 Å². The monoisotopic (exact) mass is 412 g/mol. The van der Waals surface area contributed by atoms with Crippen LogP contribution in [0.3, 0.4) is 0 Å². The largest absolute Gasteiger partial charge is 0.383 e. The SMILES string of the molecule is COCCN(CCOC)C(=O)C1CCCN(CC(=O)Nc2nc(C)c(C)s2)C1. The third kappa shape index (κ3) is 6.80. The number of hydrogen-bond donors (Lipinski definition) is 1. The zero-order valence-corrected chi connectivity index (χ0v) is 18.1. The first-order valence-corrected chi connectivity index (χ1v) is 10.5. The number of piperidine rings is 1. The summed E-state index contributed by atoms with van der Waals surface area (Å²) in [5.41, 5.74) is 0.941. The Morgan fingerprint density at radius 1 is 1.25 bits per heavy atom. The van der Waals surface area contributed by atoms with Gasteiger partial charge in [-0.3, -0.25) is 14.5 Å². The minimum absolute atomic E-state index is 0.0857. The van der Waals surface area contributed by atoms with Crippen LogP contribution in [0.4, 0.5) is 5.13 Å². The highest BCUT2D eigenvalue weighted by atomic mass is 32.1. The van der Waals surface area contributed by atoms with Gasteiger partial charge in [0.05, 0.1) is 31.4 Å². The van der Waals surface area contributed by atoms with Gasteiger partial charge in [0.2, 0.25) is 11.8 Å². The van der Waals surface area contributed by atoms with Gasteiger partial charge < -0.3 is 19.7 Å². The van der Waals surface area contributed by atoms with Crippen LogP contribution in [0, 0.1) is 19.8 Å². The maximum atomic E-state index is 13.0. The number of ether oxygens (including phenoxy) is 2. The lowest BCUT2D eigenvalue weighted by molar-refractivity contribution is -0.139. The Balaban J connectivity index is 1.88. The molecule has 1 atom stereocenters. The fourth-order valence-electron chi connectivity index (χ4n) is 3.28. The van der Waals surface area contributed by atoms with E-state index in [0.717, 1.165) is 30.0 Å². The van der Waals surface area contributed by atoms with Gasteiger partial charge >= 0.3 is 0 Å². The molecule has 0 aliphatic carbocycles. The predicted molar refractivity (Wildman–Crippen MR) is 110 cm³/mol. The molecule has 0 saturated carbocycles. The van der Waals surface area contributed by atoms with Gasteiger partial charge in [0.25, 0.3) is 0 Å². The van der Waals surface area contributed by atoms with Crippen molar-refractivity contribution in [1.29, 1.82) is 0 Å². The number of amides is 2. The molecule has 1 unspecified atom stereocenters. The highest BCUT2D eigenvalue weighted by Gasteiger charge is 2.30. The van der Waals surface area contributed by atoms with Crippen molar-refractivity contribution in [3.8, 4) is 0 Å². The normalized spacial score (nSPS) is 17.5. The molecule has 1 saturated heterocycles. The van der Waals surface area contributed by atoms with E-state index in [9.17, 15) is 9.59 Å². The zero-order valence-electron chi connectivity index (χ0n) is 17.3. The Morgan fingerprint density at radius 3 is 2.50 bits per heavy atom. The Hall–Kier alpha value is -1.55. The van der Waals surface area contributed by atoms with E-state index < -0.39 is 0 Å². The van der Waals surface area contributed by atoms with Crippen molar-refractivity contribution in [2.75, 3.05) is 65.5 Å². The number of carbonyl (C=O) groups excluding carboxylic acids is 2. The van der Waals surface area contributed by atoms with Crippen LogP contribution in [0.25, 0.3) is 0 Å². The van der Waals surface area contributed by atoms with Crippen molar-refractivity contribution in [1.82, 2.24) is 14.8 Å². The maximum absolute atomic E-state index is 13.0. The third-order valence-electron chi connectivity index (χ3n) is 4.94. The summed E-state index contributed by atoms with van der Waals surface area (Å²) in [6.07, 6.45) is 1.75. The Morgan fingerprint density at radius 2 is 1.93 bits per heavy atom. The summed E-state index contributed by atoms with van der Waals surface area (Å²) >= 11 is 1.48. The van der Waals surface area contributed by atoms with Crippen LogP contribution in [0.15, 0.2) is 0 Å². The van der Waals surface area contributed by atoms with Gasteiger partial charge in [0.1, 0.15) is 0 Å². The molecular formula is C19H32N4O4S. The molecule has 1 aromatic heterocycles. The van der Waals surface area contributed by atoms with E-state index in [4.69, 9.17) is 9.47 Å². The second-order valence-electron chi connectivity index (χ2n) is 7.09. The summed E-state index contributed by atoms with van der Waals surface area (Å²) in [7, 11) is 3.26. The second kappa shape index (κ2) is 11.5. The third-order valence-corrected chi connectivity index (χ3v) is 5.93. The average Bonchev–Trinajstić information content (AvgIpc) is 2.98. The van der Waals surface area contributed by atoms with Gasteiger partial charge in [-0.2, -0.15) is 0 Å². The molecule has 2 rings (SSSR count). The van der Waals surface area contributed by atoms with Crippen molar-refractivity contribution in [3.05, 3.63) is 10.6 Å². The van der Waals surface area contributed by atoms with Crippen molar-refractivity contribution < 1.29 is 19.1 Å². The van der Waals surface area contributed by atoms with Crippen molar-refractivity contribution in [2.24, 2.45) is 5.92 Å². The molecule has 0 spiro atoms. The first-order valence-electron chi connectivity index (χ1n) is 9.67. The van der Waals surface area contributed by atoms with Crippen molar-refractivity contribution in [2.45, 2.75) is 26.7 Å². The van der Waals surface area contributed by atoms with Crippen LogP contribution >= 0.6 is 11.3 Å². The average molecular weight is 413 g/mol. The van der Waals surface area contributed by atoms with E-state index in [2.05, 4.69) is 15.2 Å². The standard InChI is InChI=1S/C19H32N4O4S/c1-14-15(2)28-19(20-14)21-17(24)13-22-7-5-6-16(12-22)18(25)23(8-10-26-3)9-11-27-4/h16H,5-13H2,1-4H3,(H,20,21,24). The molecule has 0 aromatic carbocycles. The molecule has 1 N–H and O–H groups in total. The number of aryl methyl sites for hydroxylation is 2. The van der Waals surface area contributed by atoms with E-state index in [-0.39, 0.29) is 24.3 Å². The lowest BCUT2D eigenvalue weighted by Crippen LogP contribution is -2.48. The quantitative estimate of drug-likeness (QED) is 0.627. The summed E-state index contributed by atoms with van der Waals surface area (Å²) in [5, 5.41) is 3.51. The van der Waals surface area contributed by atoms with Gasteiger partial charge in [0.15, 0.2) is 5.13 Å². The molecule has 158 valence electrons. The number of thiazole rings is 1. The number of likely N-dealkylation sites (tertiary alicyclic amines) is 1. The molecule has 0 radical (unpaired) electrons. The van der Waals surface area contributed by atoms with Crippen LogP contribution in [-0.4, -0.2) is 86.8 Å². The number of aromatic nitrogens is 1. The molecule has 1 aliphatic rings. The van der Waals surface area contributed by atoms with Crippen LogP contribution < -0.4 is 5.32 Å². The van der Waals surface area contributed by atoms with Crippen LogP contribution in [0.5, 0.6) is 0 Å². The van der Waals surface area contributed by atoms with Gasteiger partial charge in [-0.1, -0.05) is 0 Å². The number of anilines is 1. The molecular weight excluding hydrogens is 380 g/mol. The van der Waals surface area contributed by atoms with E-state index in [1.165, 1.54) is 11.3 Å². The first-order chi connectivity index (χ1) is 13.4. The molecule has 2 amide bonds. The first kappa shape index (κ1) is 22.7. The fraction of sp³-hybridized carbons (Fsp3) is 0.737. The summed E-state index contributed by atoms with van der Waals surface area (Å²) in [6.45, 7) is 7.72. The fourth-order valence-corrected chi connectivity index (χ4v) is 4.11. The van der Waals surface area contributed by atoms with Gasteiger partial charge in [-0.05, 0) is 33.2 Å². The highest BCUT2D eigenvalue weighted by Crippen LogP contribution is 2.22. The molecule has 1 fully saturated rings. The van der Waals surface area contributed by atoms with E-state index in [0.29, 0.717) is 38.0 Å². The van der Waals surface area contributed by atoms with Crippen molar-refractivity contribution in [3.63, 3.8) is 0 Å². The topological polar surface area (TPSA) is 84.0 Å². The molecule has 0 bridgehead atoms. The maximum Gasteiger partial charge on any atom is 0.240 e. The molecule has 8 nitrogen and oxygen atoms in total. The number of nitrogens with one attached hydrogen (secondary N) is 1.